The van der Waals surface area contributed by atoms with Crippen molar-refractivity contribution in [3.8, 4) is 11.1 Å². The molecule has 0 aliphatic rings. The van der Waals surface area contributed by atoms with Gasteiger partial charge in [0.15, 0.2) is 0 Å². The molecule has 0 heterocycles. The Morgan fingerprint density at radius 1 is 1.00 bits per heavy atom. The zero-order valence-electron chi connectivity index (χ0n) is 10.2. The molecule has 0 aromatic heterocycles. The van der Waals surface area contributed by atoms with E-state index < -0.39 is 5.97 Å². The zero-order chi connectivity index (χ0) is 13.3. The molecule has 2 rings (SSSR count). The topological polar surface area (TPSA) is 37.3 Å². The van der Waals surface area contributed by atoms with Crippen LogP contribution in [0.15, 0.2) is 36.4 Å². The Balaban J connectivity index is 2.54. The lowest BCUT2D eigenvalue weighted by Crippen LogP contribution is -1.99. The summed E-state index contributed by atoms with van der Waals surface area (Å²) in [5.41, 5.74) is 3.13. The molecule has 2 aromatic carbocycles. The van der Waals surface area contributed by atoms with Crippen molar-refractivity contribution in [3.63, 3.8) is 0 Å². The third-order valence-electron chi connectivity index (χ3n) is 2.96. The van der Waals surface area contributed by atoms with E-state index in [2.05, 4.69) is 0 Å². The number of carboxylic acid groups (broad SMARTS) is 1. The van der Waals surface area contributed by atoms with Gasteiger partial charge in [0.25, 0.3) is 0 Å². The van der Waals surface area contributed by atoms with Gasteiger partial charge >= 0.3 is 5.97 Å². The van der Waals surface area contributed by atoms with Crippen LogP contribution < -0.4 is 0 Å². The molecule has 0 atom stereocenters. The summed E-state index contributed by atoms with van der Waals surface area (Å²) in [4.78, 5) is 11.1. The van der Waals surface area contributed by atoms with Crippen LogP contribution in [-0.2, 0) is 0 Å². The molecule has 92 valence electrons. The van der Waals surface area contributed by atoms with Gasteiger partial charge in [0.1, 0.15) is 5.82 Å². The number of carbonyl (C=O) groups is 1. The molecule has 0 amide bonds. The molecule has 0 radical (unpaired) electrons. The van der Waals surface area contributed by atoms with Crippen molar-refractivity contribution in [2.24, 2.45) is 0 Å². The second-order valence-corrected chi connectivity index (χ2v) is 4.30. The summed E-state index contributed by atoms with van der Waals surface area (Å²) in [6, 6.07) is 9.98. The third-order valence-corrected chi connectivity index (χ3v) is 2.96. The van der Waals surface area contributed by atoms with Gasteiger partial charge in [-0.05, 0) is 54.3 Å². The number of carboxylic acids is 1. The third kappa shape index (κ3) is 2.25. The van der Waals surface area contributed by atoms with Crippen molar-refractivity contribution in [2.75, 3.05) is 0 Å². The van der Waals surface area contributed by atoms with E-state index in [1.54, 1.807) is 38.1 Å². The average Bonchev–Trinajstić information content (AvgIpc) is 2.33. The number of hydrogen-bond donors (Lipinski definition) is 1. The first kappa shape index (κ1) is 12.3. The Bertz CT molecular complexity index is 618. The van der Waals surface area contributed by atoms with Gasteiger partial charge in [-0.2, -0.15) is 0 Å². The second-order valence-electron chi connectivity index (χ2n) is 4.30. The maximum absolute atomic E-state index is 13.2. The molecule has 0 saturated carbocycles. The molecular formula is C15H13FO2. The van der Waals surface area contributed by atoms with Gasteiger partial charge in [0, 0.05) is 0 Å². The minimum absolute atomic E-state index is 0.260. The van der Waals surface area contributed by atoms with Crippen LogP contribution >= 0.6 is 0 Å². The maximum Gasteiger partial charge on any atom is 0.335 e. The standard InChI is InChI=1S/C15H13FO2/c1-9-3-4-12(8-13(9)15(17)18)11-5-6-14(16)10(2)7-11/h3-8H,1-2H3,(H,17,18). The monoisotopic (exact) mass is 244 g/mol. The van der Waals surface area contributed by atoms with Crippen LogP contribution in [0.4, 0.5) is 4.39 Å². The first-order chi connectivity index (χ1) is 8.49. The van der Waals surface area contributed by atoms with Gasteiger partial charge < -0.3 is 5.11 Å². The number of rotatable bonds is 2. The quantitative estimate of drug-likeness (QED) is 0.872. The maximum atomic E-state index is 13.2. The Labute approximate surface area is 105 Å². The number of aryl methyl sites for hydroxylation is 2. The van der Waals surface area contributed by atoms with Crippen LogP contribution in [-0.4, -0.2) is 11.1 Å². The largest absolute Gasteiger partial charge is 0.478 e. The fourth-order valence-corrected chi connectivity index (χ4v) is 1.86. The van der Waals surface area contributed by atoms with Crippen LogP contribution in [0, 0.1) is 19.7 Å². The average molecular weight is 244 g/mol. The summed E-state index contributed by atoms with van der Waals surface area (Å²) in [6.45, 7) is 3.44. The first-order valence-corrected chi connectivity index (χ1v) is 5.59. The highest BCUT2D eigenvalue weighted by molar-refractivity contribution is 5.91. The molecule has 0 unspecified atom stereocenters. The first-order valence-electron chi connectivity index (χ1n) is 5.59. The molecule has 2 aromatic rings. The zero-order valence-corrected chi connectivity index (χ0v) is 10.2. The van der Waals surface area contributed by atoms with Gasteiger partial charge in [0.05, 0.1) is 5.56 Å². The lowest BCUT2D eigenvalue weighted by atomic mass is 9.98. The number of aromatic carboxylic acids is 1. The van der Waals surface area contributed by atoms with E-state index in [-0.39, 0.29) is 11.4 Å². The van der Waals surface area contributed by atoms with E-state index in [1.807, 2.05) is 6.07 Å². The van der Waals surface area contributed by atoms with Crippen molar-refractivity contribution < 1.29 is 14.3 Å². The van der Waals surface area contributed by atoms with Crippen molar-refractivity contribution in [1.82, 2.24) is 0 Å². The molecule has 0 spiro atoms. The summed E-state index contributed by atoms with van der Waals surface area (Å²) in [7, 11) is 0. The van der Waals surface area contributed by atoms with Gasteiger partial charge in [-0.15, -0.1) is 0 Å². The van der Waals surface area contributed by atoms with Crippen molar-refractivity contribution in [1.29, 1.82) is 0 Å². The number of benzene rings is 2. The number of hydrogen-bond acceptors (Lipinski definition) is 1. The summed E-state index contributed by atoms with van der Waals surface area (Å²) in [5, 5.41) is 9.08. The van der Waals surface area contributed by atoms with Crippen molar-refractivity contribution >= 4 is 5.97 Å². The smallest absolute Gasteiger partial charge is 0.335 e. The fourth-order valence-electron chi connectivity index (χ4n) is 1.86. The Morgan fingerprint density at radius 2 is 1.61 bits per heavy atom. The van der Waals surface area contributed by atoms with Crippen LogP contribution in [0.25, 0.3) is 11.1 Å². The molecule has 0 aliphatic carbocycles. The Morgan fingerprint density at radius 3 is 2.22 bits per heavy atom. The van der Waals surface area contributed by atoms with Gasteiger partial charge in [0.2, 0.25) is 0 Å². The van der Waals surface area contributed by atoms with Gasteiger partial charge in [-0.1, -0.05) is 18.2 Å². The minimum Gasteiger partial charge on any atom is -0.478 e. The highest BCUT2D eigenvalue weighted by Crippen LogP contribution is 2.24. The molecule has 0 aliphatic heterocycles. The summed E-state index contributed by atoms with van der Waals surface area (Å²) < 4.78 is 13.2. The molecule has 3 heteroatoms. The van der Waals surface area contributed by atoms with E-state index in [1.165, 1.54) is 6.07 Å². The highest BCUT2D eigenvalue weighted by atomic mass is 19.1. The minimum atomic E-state index is -0.951. The predicted molar refractivity (Wildman–Crippen MR) is 68.3 cm³/mol. The lowest BCUT2D eigenvalue weighted by molar-refractivity contribution is 0.0696. The molecule has 0 fully saturated rings. The Kier molecular flexibility index (Phi) is 3.15. The predicted octanol–water partition coefficient (Wildman–Crippen LogP) is 3.81. The summed E-state index contributed by atoms with van der Waals surface area (Å²) in [6.07, 6.45) is 0. The molecule has 18 heavy (non-hydrogen) atoms. The van der Waals surface area contributed by atoms with Crippen molar-refractivity contribution in [2.45, 2.75) is 13.8 Å². The summed E-state index contributed by atoms with van der Waals surface area (Å²) >= 11 is 0. The molecular weight excluding hydrogens is 231 g/mol. The fraction of sp³-hybridized carbons (Fsp3) is 0.133. The highest BCUT2D eigenvalue weighted by Gasteiger charge is 2.09. The lowest BCUT2D eigenvalue weighted by Gasteiger charge is -2.07. The molecule has 2 nitrogen and oxygen atoms in total. The van der Waals surface area contributed by atoms with E-state index in [0.29, 0.717) is 11.1 Å². The van der Waals surface area contributed by atoms with Crippen LogP contribution in [0.2, 0.25) is 0 Å². The molecule has 0 bridgehead atoms. The molecule has 1 N–H and O–H groups in total. The van der Waals surface area contributed by atoms with E-state index in [0.717, 1.165) is 11.1 Å². The molecule has 0 saturated heterocycles. The van der Waals surface area contributed by atoms with Crippen LogP contribution in [0.5, 0.6) is 0 Å². The normalized spacial score (nSPS) is 10.4. The van der Waals surface area contributed by atoms with Gasteiger partial charge in [-0.25, -0.2) is 9.18 Å². The summed E-state index contributed by atoms with van der Waals surface area (Å²) in [5.74, 6) is -1.21. The van der Waals surface area contributed by atoms with E-state index in [9.17, 15) is 9.18 Å². The Hall–Kier alpha value is -2.16. The van der Waals surface area contributed by atoms with Gasteiger partial charge in [-0.3, -0.25) is 0 Å². The van der Waals surface area contributed by atoms with Crippen molar-refractivity contribution in [3.05, 3.63) is 58.9 Å². The van der Waals surface area contributed by atoms with Crippen LogP contribution in [0.1, 0.15) is 21.5 Å². The number of halogens is 1. The van der Waals surface area contributed by atoms with Crippen LogP contribution in [0.3, 0.4) is 0 Å². The second kappa shape index (κ2) is 4.61. The van der Waals surface area contributed by atoms with E-state index >= 15 is 0 Å². The SMILES string of the molecule is Cc1cc(-c2ccc(C)c(C(=O)O)c2)ccc1F. The van der Waals surface area contributed by atoms with E-state index in [4.69, 9.17) is 5.11 Å².